The SMILES string of the molecule is CCc1n[nH]c(=O)n1/N=C/c1ccccc1Cl. The average molecular weight is 251 g/mol. The van der Waals surface area contributed by atoms with E-state index in [0.29, 0.717) is 17.3 Å². The molecule has 0 aliphatic rings. The molecule has 0 saturated heterocycles. The number of H-pyrrole nitrogens is 1. The molecule has 0 saturated carbocycles. The zero-order valence-corrected chi connectivity index (χ0v) is 9.98. The molecule has 1 heterocycles. The molecule has 0 amide bonds. The number of aryl methyl sites for hydroxylation is 1. The van der Waals surface area contributed by atoms with Crippen LogP contribution in [0.5, 0.6) is 0 Å². The standard InChI is InChI=1S/C11H11ClN4O/c1-2-10-14-15-11(17)16(10)13-7-8-5-3-4-6-9(8)12/h3-7H,2H2,1H3,(H,15,17)/b13-7+. The summed E-state index contributed by atoms with van der Waals surface area (Å²) in [6.07, 6.45) is 2.16. The summed E-state index contributed by atoms with van der Waals surface area (Å²) in [6.45, 7) is 1.90. The van der Waals surface area contributed by atoms with E-state index < -0.39 is 0 Å². The average Bonchev–Trinajstić information content (AvgIpc) is 2.69. The molecule has 0 radical (unpaired) electrons. The van der Waals surface area contributed by atoms with Crippen molar-refractivity contribution < 1.29 is 0 Å². The number of hydrogen-bond acceptors (Lipinski definition) is 3. The number of aromatic amines is 1. The van der Waals surface area contributed by atoms with Gasteiger partial charge >= 0.3 is 5.69 Å². The van der Waals surface area contributed by atoms with Crippen molar-refractivity contribution in [3.05, 3.63) is 51.2 Å². The van der Waals surface area contributed by atoms with Crippen molar-refractivity contribution in [1.29, 1.82) is 0 Å². The summed E-state index contributed by atoms with van der Waals surface area (Å²) in [5, 5.41) is 10.9. The van der Waals surface area contributed by atoms with Crippen LogP contribution in [-0.4, -0.2) is 21.1 Å². The van der Waals surface area contributed by atoms with E-state index in [-0.39, 0.29) is 5.69 Å². The molecule has 0 atom stereocenters. The minimum Gasteiger partial charge on any atom is -0.244 e. The van der Waals surface area contributed by atoms with Gasteiger partial charge in [0.2, 0.25) is 0 Å². The number of benzene rings is 1. The van der Waals surface area contributed by atoms with Gasteiger partial charge in [-0.25, -0.2) is 9.89 Å². The lowest BCUT2D eigenvalue weighted by Gasteiger charge is -1.97. The van der Waals surface area contributed by atoms with Gasteiger partial charge in [0.15, 0.2) is 5.82 Å². The first-order valence-electron chi connectivity index (χ1n) is 5.17. The summed E-state index contributed by atoms with van der Waals surface area (Å²) in [7, 11) is 0. The normalized spacial score (nSPS) is 11.2. The van der Waals surface area contributed by atoms with E-state index in [0.717, 1.165) is 5.56 Å². The quantitative estimate of drug-likeness (QED) is 0.843. The molecular formula is C11H11ClN4O. The second kappa shape index (κ2) is 4.97. The third kappa shape index (κ3) is 2.45. The Balaban J connectivity index is 2.35. The molecule has 5 nitrogen and oxygen atoms in total. The fourth-order valence-electron chi connectivity index (χ4n) is 1.37. The molecule has 0 aliphatic heterocycles. The molecule has 0 spiro atoms. The van der Waals surface area contributed by atoms with Crippen LogP contribution >= 0.6 is 11.6 Å². The molecule has 0 aliphatic carbocycles. The molecule has 2 aromatic rings. The largest absolute Gasteiger partial charge is 0.364 e. The van der Waals surface area contributed by atoms with E-state index in [2.05, 4.69) is 15.3 Å². The maximum absolute atomic E-state index is 11.4. The third-order valence-electron chi connectivity index (χ3n) is 2.25. The lowest BCUT2D eigenvalue weighted by atomic mass is 10.2. The highest BCUT2D eigenvalue weighted by atomic mass is 35.5. The topological polar surface area (TPSA) is 63.0 Å². The molecule has 0 fully saturated rings. The van der Waals surface area contributed by atoms with Crippen LogP contribution < -0.4 is 5.69 Å². The Kier molecular flexibility index (Phi) is 3.39. The number of halogens is 1. The first-order valence-corrected chi connectivity index (χ1v) is 5.55. The number of rotatable bonds is 3. The van der Waals surface area contributed by atoms with E-state index in [1.54, 1.807) is 12.3 Å². The predicted octanol–water partition coefficient (Wildman–Crippen LogP) is 1.67. The van der Waals surface area contributed by atoms with Gasteiger partial charge in [0, 0.05) is 17.0 Å². The van der Waals surface area contributed by atoms with Crippen LogP contribution in [0.25, 0.3) is 0 Å². The molecule has 6 heteroatoms. The number of nitrogens with one attached hydrogen (secondary N) is 1. The van der Waals surface area contributed by atoms with Crippen LogP contribution in [0, 0.1) is 0 Å². The summed E-state index contributed by atoms with van der Waals surface area (Å²) < 4.78 is 1.23. The Morgan fingerprint density at radius 3 is 3.00 bits per heavy atom. The Hall–Kier alpha value is -1.88. The fraction of sp³-hybridized carbons (Fsp3) is 0.182. The summed E-state index contributed by atoms with van der Waals surface area (Å²) in [5.41, 5.74) is 0.398. The third-order valence-corrected chi connectivity index (χ3v) is 2.60. The zero-order valence-electron chi connectivity index (χ0n) is 9.22. The van der Waals surface area contributed by atoms with Crippen LogP contribution in [0.1, 0.15) is 18.3 Å². The molecular weight excluding hydrogens is 240 g/mol. The second-order valence-electron chi connectivity index (χ2n) is 3.38. The summed E-state index contributed by atoms with van der Waals surface area (Å²) >= 11 is 5.98. The van der Waals surface area contributed by atoms with Crippen molar-refractivity contribution in [2.24, 2.45) is 5.10 Å². The first-order chi connectivity index (χ1) is 8.22. The monoisotopic (exact) mass is 250 g/mol. The Bertz CT molecular complexity index is 600. The van der Waals surface area contributed by atoms with Crippen molar-refractivity contribution in [1.82, 2.24) is 14.9 Å². The van der Waals surface area contributed by atoms with Gasteiger partial charge in [0.05, 0.1) is 6.21 Å². The van der Waals surface area contributed by atoms with E-state index in [1.165, 1.54) is 4.68 Å². The molecule has 1 N–H and O–H groups in total. The number of hydrogen-bond donors (Lipinski definition) is 1. The van der Waals surface area contributed by atoms with Gasteiger partial charge < -0.3 is 0 Å². The lowest BCUT2D eigenvalue weighted by Crippen LogP contribution is -2.14. The lowest BCUT2D eigenvalue weighted by molar-refractivity contribution is 0.765. The van der Waals surface area contributed by atoms with E-state index >= 15 is 0 Å². The minimum absolute atomic E-state index is 0.356. The van der Waals surface area contributed by atoms with E-state index in [1.807, 2.05) is 25.1 Å². The van der Waals surface area contributed by atoms with Gasteiger partial charge in [-0.1, -0.05) is 36.7 Å². The highest BCUT2D eigenvalue weighted by Crippen LogP contribution is 2.12. The van der Waals surface area contributed by atoms with Crippen LogP contribution in [0.3, 0.4) is 0 Å². The highest BCUT2D eigenvalue weighted by Gasteiger charge is 2.03. The maximum atomic E-state index is 11.4. The van der Waals surface area contributed by atoms with Gasteiger partial charge in [-0.05, 0) is 6.07 Å². The predicted molar refractivity (Wildman–Crippen MR) is 66.7 cm³/mol. The summed E-state index contributed by atoms with van der Waals surface area (Å²) in [6, 6.07) is 7.28. The molecule has 1 aromatic heterocycles. The van der Waals surface area contributed by atoms with Gasteiger partial charge in [0.25, 0.3) is 0 Å². The minimum atomic E-state index is -0.356. The van der Waals surface area contributed by atoms with Crippen molar-refractivity contribution in [2.45, 2.75) is 13.3 Å². The van der Waals surface area contributed by atoms with Gasteiger partial charge in [-0.15, -0.1) is 0 Å². The summed E-state index contributed by atoms with van der Waals surface area (Å²) in [4.78, 5) is 11.4. The molecule has 1 aromatic carbocycles. The molecule has 2 rings (SSSR count). The van der Waals surface area contributed by atoms with Crippen LogP contribution in [0.4, 0.5) is 0 Å². The van der Waals surface area contributed by atoms with Crippen molar-refractivity contribution in [2.75, 3.05) is 0 Å². The number of nitrogens with zero attached hydrogens (tertiary/aromatic N) is 3. The summed E-state index contributed by atoms with van der Waals surface area (Å²) in [5.74, 6) is 0.582. The fourth-order valence-corrected chi connectivity index (χ4v) is 1.56. The maximum Gasteiger partial charge on any atom is 0.364 e. The second-order valence-corrected chi connectivity index (χ2v) is 3.78. The van der Waals surface area contributed by atoms with Crippen LogP contribution in [-0.2, 0) is 6.42 Å². The van der Waals surface area contributed by atoms with Gasteiger partial charge in [0.1, 0.15) is 0 Å². The van der Waals surface area contributed by atoms with Gasteiger partial charge in [-0.2, -0.15) is 14.9 Å². The van der Waals surface area contributed by atoms with Crippen molar-refractivity contribution in [3.8, 4) is 0 Å². The van der Waals surface area contributed by atoms with E-state index in [4.69, 9.17) is 11.6 Å². The molecule has 17 heavy (non-hydrogen) atoms. The molecule has 0 unspecified atom stereocenters. The van der Waals surface area contributed by atoms with Crippen molar-refractivity contribution >= 4 is 17.8 Å². The Morgan fingerprint density at radius 2 is 2.29 bits per heavy atom. The van der Waals surface area contributed by atoms with Crippen LogP contribution in [0.2, 0.25) is 5.02 Å². The smallest absolute Gasteiger partial charge is 0.244 e. The Labute approximate surface area is 103 Å². The number of aromatic nitrogens is 3. The zero-order chi connectivity index (χ0) is 12.3. The highest BCUT2D eigenvalue weighted by molar-refractivity contribution is 6.33. The van der Waals surface area contributed by atoms with Gasteiger partial charge in [-0.3, -0.25) is 0 Å². The van der Waals surface area contributed by atoms with Crippen LogP contribution in [0.15, 0.2) is 34.2 Å². The van der Waals surface area contributed by atoms with Crippen molar-refractivity contribution in [3.63, 3.8) is 0 Å². The Morgan fingerprint density at radius 1 is 1.53 bits per heavy atom. The first kappa shape index (κ1) is 11.6. The molecule has 88 valence electrons. The van der Waals surface area contributed by atoms with E-state index in [9.17, 15) is 4.79 Å². The molecule has 0 bridgehead atoms.